The molecule has 0 saturated heterocycles. The molecule has 0 amide bonds. The van der Waals surface area contributed by atoms with Crippen molar-refractivity contribution in [2.75, 3.05) is 13.4 Å². The van der Waals surface area contributed by atoms with Crippen LogP contribution >= 0.6 is 11.6 Å². The second-order valence-corrected chi connectivity index (χ2v) is 5.51. The molecule has 25 heavy (non-hydrogen) atoms. The number of esters is 1. The van der Waals surface area contributed by atoms with Crippen molar-refractivity contribution < 1.29 is 28.2 Å². The van der Waals surface area contributed by atoms with Crippen LogP contribution in [0.5, 0.6) is 11.5 Å². The van der Waals surface area contributed by atoms with Gasteiger partial charge >= 0.3 is 5.97 Å². The van der Waals surface area contributed by atoms with E-state index in [2.05, 4.69) is 0 Å². The molecule has 0 aromatic heterocycles. The van der Waals surface area contributed by atoms with E-state index in [1.54, 1.807) is 12.1 Å². The van der Waals surface area contributed by atoms with Gasteiger partial charge in [-0.15, -0.1) is 0 Å². The van der Waals surface area contributed by atoms with Crippen molar-refractivity contribution in [3.63, 3.8) is 0 Å². The highest BCUT2D eigenvalue weighted by atomic mass is 35.5. The van der Waals surface area contributed by atoms with Crippen LogP contribution in [0.4, 0.5) is 4.39 Å². The highest BCUT2D eigenvalue weighted by molar-refractivity contribution is 6.30. The zero-order valence-corrected chi connectivity index (χ0v) is 13.6. The number of fused-ring (bicyclic) bond motifs is 1. The number of carbonyl (C=O) groups excluding carboxylic acids is 2. The Balaban J connectivity index is 1.55. The van der Waals surface area contributed by atoms with Gasteiger partial charge in [0.05, 0.1) is 5.02 Å². The summed E-state index contributed by atoms with van der Waals surface area (Å²) >= 11 is 5.65. The van der Waals surface area contributed by atoms with Crippen LogP contribution in [0, 0.1) is 5.82 Å². The molecule has 7 heteroatoms. The van der Waals surface area contributed by atoms with Crippen molar-refractivity contribution in [2.24, 2.45) is 0 Å². The summed E-state index contributed by atoms with van der Waals surface area (Å²) < 4.78 is 28.3. The molecule has 2 aromatic carbocycles. The fourth-order valence-corrected chi connectivity index (χ4v) is 2.31. The molecule has 0 atom stereocenters. The molecule has 3 rings (SSSR count). The van der Waals surface area contributed by atoms with Gasteiger partial charge in [0.25, 0.3) is 0 Å². The number of Topliss-reactive ketones (excluding diaryl/α,β-unsaturated/α-hetero) is 1. The fourth-order valence-electron chi connectivity index (χ4n) is 2.12. The minimum Gasteiger partial charge on any atom is -0.454 e. The minimum atomic E-state index is -0.699. The van der Waals surface area contributed by atoms with Crippen LogP contribution in [0.3, 0.4) is 0 Å². The summed E-state index contributed by atoms with van der Waals surface area (Å²) in [4.78, 5) is 23.7. The third kappa shape index (κ3) is 4.16. The van der Waals surface area contributed by atoms with Crippen LogP contribution in [0.1, 0.15) is 15.9 Å². The molecule has 0 saturated carbocycles. The van der Waals surface area contributed by atoms with Gasteiger partial charge in [-0.25, -0.2) is 9.18 Å². The molecular weight excluding hydrogens is 351 g/mol. The normalized spacial score (nSPS) is 12.4. The van der Waals surface area contributed by atoms with Crippen LogP contribution < -0.4 is 9.47 Å². The van der Waals surface area contributed by atoms with Crippen molar-refractivity contribution in [3.8, 4) is 11.5 Å². The number of carbonyl (C=O) groups is 2. The Labute approximate surface area is 147 Å². The molecule has 1 aliphatic rings. The zero-order valence-electron chi connectivity index (χ0n) is 12.8. The van der Waals surface area contributed by atoms with E-state index < -0.39 is 18.4 Å². The number of ketones is 1. The SMILES string of the molecule is O=C(/C=C/c1ccc(F)c(Cl)c1)OCC(=O)c1ccc2c(c1)OCO2. The largest absolute Gasteiger partial charge is 0.454 e. The van der Waals surface area contributed by atoms with Crippen LogP contribution in [0.15, 0.2) is 42.5 Å². The first kappa shape index (κ1) is 17.0. The summed E-state index contributed by atoms with van der Waals surface area (Å²) in [6.07, 6.45) is 2.55. The van der Waals surface area contributed by atoms with Gasteiger partial charge in [0.15, 0.2) is 23.9 Å². The monoisotopic (exact) mass is 362 g/mol. The number of halogens is 2. The first-order chi connectivity index (χ1) is 12.0. The van der Waals surface area contributed by atoms with Gasteiger partial charge in [-0.1, -0.05) is 17.7 Å². The molecule has 128 valence electrons. The van der Waals surface area contributed by atoms with E-state index in [1.165, 1.54) is 30.3 Å². The maximum absolute atomic E-state index is 13.0. The van der Waals surface area contributed by atoms with E-state index >= 15 is 0 Å². The van der Waals surface area contributed by atoms with Gasteiger partial charge in [-0.3, -0.25) is 4.79 Å². The Bertz CT molecular complexity index is 863. The molecule has 0 bridgehead atoms. The zero-order chi connectivity index (χ0) is 17.8. The summed E-state index contributed by atoms with van der Waals surface area (Å²) in [7, 11) is 0. The lowest BCUT2D eigenvalue weighted by Gasteiger charge is -2.03. The van der Waals surface area contributed by atoms with Crippen molar-refractivity contribution in [1.82, 2.24) is 0 Å². The quantitative estimate of drug-likeness (QED) is 0.461. The van der Waals surface area contributed by atoms with Gasteiger partial charge in [-0.05, 0) is 42.0 Å². The molecule has 0 fully saturated rings. The lowest BCUT2D eigenvalue weighted by molar-refractivity contribution is -0.136. The molecule has 1 heterocycles. The number of hydrogen-bond acceptors (Lipinski definition) is 5. The van der Waals surface area contributed by atoms with Gasteiger partial charge in [0.1, 0.15) is 5.82 Å². The van der Waals surface area contributed by atoms with Crippen LogP contribution in [-0.2, 0) is 9.53 Å². The number of benzene rings is 2. The third-order valence-electron chi connectivity index (χ3n) is 3.40. The summed E-state index contributed by atoms with van der Waals surface area (Å²) in [5.41, 5.74) is 0.886. The maximum Gasteiger partial charge on any atom is 0.331 e. The highest BCUT2D eigenvalue weighted by Gasteiger charge is 2.16. The van der Waals surface area contributed by atoms with E-state index in [0.29, 0.717) is 22.6 Å². The second-order valence-electron chi connectivity index (χ2n) is 5.11. The summed E-state index contributed by atoms with van der Waals surface area (Å²) in [5, 5.41) is -0.0477. The topological polar surface area (TPSA) is 61.8 Å². The van der Waals surface area contributed by atoms with Crippen molar-refractivity contribution in [2.45, 2.75) is 0 Å². The Morgan fingerprint density at radius 3 is 2.76 bits per heavy atom. The lowest BCUT2D eigenvalue weighted by atomic mass is 10.1. The summed E-state index contributed by atoms with van der Waals surface area (Å²) in [5.74, 6) is -0.574. The van der Waals surface area contributed by atoms with Gasteiger partial charge in [-0.2, -0.15) is 0 Å². The molecular formula is C18H12ClFO5. The van der Waals surface area contributed by atoms with E-state index in [1.807, 2.05) is 0 Å². The predicted molar refractivity (Wildman–Crippen MR) is 88.3 cm³/mol. The first-order valence-electron chi connectivity index (χ1n) is 7.25. The van der Waals surface area contributed by atoms with Crippen LogP contribution in [-0.4, -0.2) is 25.2 Å². The first-order valence-corrected chi connectivity index (χ1v) is 7.63. The molecule has 0 aliphatic carbocycles. The Morgan fingerprint density at radius 2 is 1.96 bits per heavy atom. The Morgan fingerprint density at radius 1 is 1.16 bits per heavy atom. The van der Waals surface area contributed by atoms with Crippen molar-refractivity contribution >= 4 is 29.4 Å². The number of hydrogen-bond donors (Lipinski definition) is 0. The minimum absolute atomic E-state index is 0.0477. The van der Waals surface area contributed by atoms with E-state index in [0.717, 1.165) is 6.08 Å². The van der Waals surface area contributed by atoms with Crippen molar-refractivity contribution in [1.29, 1.82) is 0 Å². The Hall–Kier alpha value is -2.86. The molecule has 1 aliphatic heterocycles. The molecule has 0 radical (unpaired) electrons. The average molecular weight is 363 g/mol. The number of ether oxygens (including phenoxy) is 3. The third-order valence-corrected chi connectivity index (χ3v) is 3.69. The predicted octanol–water partition coefficient (Wildman–Crippen LogP) is 3.65. The number of rotatable bonds is 5. The van der Waals surface area contributed by atoms with Gasteiger partial charge < -0.3 is 14.2 Å². The summed E-state index contributed by atoms with van der Waals surface area (Å²) in [6, 6.07) is 8.75. The lowest BCUT2D eigenvalue weighted by Crippen LogP contribution is -2.12. The molecule has 2 aromatic rings. The Kier molecular flexibility index (Phi) is 5.00. The van der Waals surface area contributed by atoms with Crippen LogP contribution in [0.2, 0.25) is 5.02 Å². The van der Waals surface area contributed by atoms with E-state index in [4.69, 9.17) is 25.8 Å². The van der Waals surface area contributed by atoms with E-state index in [9.17, 15) is 14.0 Å². The molecule has 0 spiro atoms. The maximum atomic E-state index is 13.0. The van der Waals surface area contributed by atoms with Gasteiger partial charge in [0, 0.05) is 11.6 Å². The smallest absolute Gasteiger partial charge is 0.331 e. The molecule has 0 unspecified atom stereocenters. The average Bonchev–Trinajstić information content (AvgIpc) is 3.08. The summed E-state index contributed by atoms with van der Waals surface area (Å²) in [6.45, 7) is -0.298. The standard InChI is InChI=1S/C18H12ClFO5/c19-13-7-11(1-4-14(13)20)2-6-18(22)23-9-15(21)12-3-5-16-17(8-12)25-10-24-16/h1-8H,9-10H2/b6-2+. The van der Waals surface area contributed by atoms with Gasteiger partial charge in [0.2, 0.25) is 6.79 Å². The highest BCUT2D eigenvalue weighted by Crippen LogP contribution is 2.32. The second kappa shape index (κ2) is 7.36. The fraction of sp³-hybridized carbons (Fsp3) is 0.111. The van der Waals surface area contributed by atoms with Crippen LogP contribution in [0.25, 0.3) is 6.08 Å². The van der Waals surface area contributed by atoms with Crippen molar-refractivity contribution in [3.05, 3.63) is 64.4 Å². The molecule has 5 nitrogen and oxygen atoms in total. The molecule has 0 N–H and O–H groups in total. The van der Waals surface area contributed by atoms with E-state index in [-0.39, 0.29) is 17.6 Å².